The number of aromatic nitrogens is 3. The van der Waals surface area contributed by atoms with Crippen LogP contribution in [0.15, 0.2) is 41.0 Å². The molecule has 1 saturated heterocycles. The number of carbonyl (C=O) groups excluding carboxylic acids is 1. The van der Waals surface area contributed by atoms with Gasteiger partial charge in [-0.15, -0.1) is 0 Å². The number of ether oxygens (including phenoxy) is 1. The third-order valence-corrected chi connectivity index (χ3v) is 5.90. The standard InChI is InChI=1S/C19H21BrN4O2/c1-13-19(20)15-4-2-3-5-16(15)23(13)11-18(25)22-17-6-8-21-24(17)10-14-7-9-26-12-14/h2-6,8,14H,7,9-12H2,1H3,(H,22,25). The van der Waals surface area contributed by atoms with Crippen LogP contribution < -0.4 is 5.32 Å². The molecule has 0 spiro atoms. The number of carbonyl (C=O) groups is 1. The lowest BCUT2D eigenvalue weighted by Gasteiger charge is -2.13. The Hall–Kier alpha value is -2.12. The van der Waals surface area contributed by atoms with Crippen molar-refractivity contribution in [2.24, 2.45) is 5.92 Å². The van der Waals surface area contributed by atoms with E-state index in [1.807, 2.05) is 40.4 Å². The monoisotopic (exact) mass is 416 g/mol. The second-order valence-electron chi connectivity index (χ2n) is 6.68. The van der Waals surface area contributed by atoms with Crippen LogP contribution >= 0.6 is 15.9 Å². The molecule has 0 aliphatic carbocycles. The summed E-state index contributed by atoms with van der Waals surface area (Å²) < 4.78 is 10.3. The van der Waals surface area contributed by atoms with Crippen molar-refractivity contribution < 1.29 is 9.53 Å². The Morgan fingerprint density at radius 3 is 3.04 bits per heavy atom. The van der Waals surface area contributed by atoms with Crippen LogP contribution in [0.25, 0.3) is 10.9 Å². The number of rotatable bonds is 5. The number of anilines is 1. The third-order valence-electron chi connectivity index (χ3n) is 4.89. The number of fused-ring (bicyclic) bond motifs is 1. The van der Waals surface area contributed by atoms with Crippen molar-refractivity contribution in [3.63, 3.8) is 0 Å². The number of nitrogens with one attached hydrogen (secondary N) is 1. The van der Waals surface area contributed by atoms with Crippen molar-refractivity contribution in [3.8, 4) is 0 Å². The highest BCUT2D eigenvalue weighted by Crippen LogP contribution is 2.30. The molecule has 1 atom stereocenters. The van der Waals surface area contributed by atoms with Gasteiger partial charge in [-0.1, -0.05) is 18.2 Å². The smallest absolute Gasteiger partial charge is 0.245 e. The first-order valence-corrected chi connectivity index (χ1v) is 9.55. The molecule has 4 rings (SSSR count). The molecule has 1 amide bonds. The molecule has 136 valence electrons. The van der Waals surface area contributed by atoms with Gasteiger partial charge in [0.1, 0.15) is 12.4 Å². The molecule has 1 unspecified atom stereocenters. The molecule has 0 radical (unpaired) electrons. The van der Waals surface area contributed by atoms with Gasteiger partial charge in [0.25, 0.3) is 0 Å². The van der Waals surface area contributed by atoms with E-state index >= 15 is 0 Å². The lowest BCUT2D eigenvalue weighted by molar-refractivity contribution is -0.116. The SMILES string of the molecule is Cc1c(Br)c2ccccc2n1CC(=O)Nc1ccnn1CC1CCOC1. The number of hydrogen-bond acceptors (Lipinski definition) is 3. The summed E-state index contributed by atoms with van der Waals surface area (Å²) in [5, 5.41) is 8.46. The van der Waals surface area contributed by atoms with Crippen molar-refractivity contribution in [2.45, 2.75) is 26.4 Å². The largest absolute Gasteiger partial charge is 0.381 e. The number of amides is 1. The van der Waals surface area contributed by atoms with Crippen LogP contribution in [0.5, 0.6) is 0 Å². The maximum absolute atomic E-state index is 12.7. The second-order valence-corrected chi connectivity index (χ2v) is 7.47. The summed E-state index contributed by atoms with van der Waals surface area (Å²) in [6, 6.07) is 9.91. The van der Waals surface area contributed by atoms with Gasteiger partial charge in [-0.05, 0) is 35.3 Å². The molecule has 6 nitrogen and oxygen atoms in total. The summed E-state index contributed by atoms with van der Waals surface area (Å²) in [7, 11) is 0. The minimum absolute atomic E-state index is 0.0641. The van der Waals surface area contributed by atoms with Crippen LogP contribution in [0.1, 0.15) is 12.1 Å². The fourth-order valence-electron chi connectivity index (χ4n) is 3.47. The summed E-state index contributed by atoms with van der Waals surface area (Å²) in [6.45, 7) is 4.61. The Morgan fingerprint density at radius 2 is 2.23 bits per heavy atom. The van der Waals surface area contributed by atoms with E-state index < -0.39 is 0 Å². The first kappa shape index (κ1) is 17.3. The Morgan fingerprint density at radius 1 is 1.38 bits per heavy atom. The topological polar surface area (TPSA) is 61.1 Å². The zero-order valence-electron chi connectivity index (χ0n) is 14.6. The fraction of sp³-hybridized carbons (Fsp3) is 0.368. The molecule has 0 saturated carbocycles. The van der Waals surface area contributed by atoms with Gasteiger partial charge in [0.05, 0.1) is 12.8 Å². The van der Waals surface area contributed by atoms with Crippen molar-refractivity contribution in [2.75, 3.05) is 18.5 Å². The van der Waals surface area contributed by atoms with Crippen LogP contribution in [0, 0.1) is 12.8 Å². The van der Waals surface area contributed by atoms with Crippen molar-refractivity contribution in [1.82, 2.24) is 14.3 Å². The molecule has 26 heavy (non-hydrogen) atoms. The zero-order valence-corrected chi connectivity index (χ0v) is 16.2. The Bertz CT molecular complexity index is 940. The van der Waals surface area contributed by atoms with Crippen LogP contribution in [-0.4, -0.2) is 33.5 Å². The van der Waals surface area contributed by atoms with Crippen LogP contribution in [-0.2, 0) is 22.6 Å². The van der Waals surface area contributed by atoms with Gasteiger partial charge in [0.15, 0.2) is 0 Å². The second kappa shape index (κ2) is 7.25. The van der Waals surface area contributed by atoms with Crippen molar-refractivity contribution in [1.29, 1.82) is 0 Å². The van der Waals surface area contributed by atoms with Crippen LogP contribution in [0.2, 0.25) is 0 Å². The lowest BCUT2D eigenvalue weighted by Crippen LogP contribution is -2.22. The molecule has 1 N–H and O–H groups in total. The summed E-state index contributed by atoms with van der Waals surface area (Å²) >= 11 is 3.63. The summed E-state index contributed by atoms with van der Waals surface area (Å²) in [5.41, 5.74) is 2.08. The third kappa shape index (κ3) is 3.29. The van der Waals surface area contributed by atoms with Gasteiger partial charge >= 0.3 is 0 Å². The minimum Gasteiger partial charge on any atom is -0.381 e. The molecule has 1 aromatic carbocycles. The highest BCUT2D eigenvalue weighted by atomic mass is 79.9. The molecule has 3 aromatic rings. The van der Waals surface area contributed by atoms with Gasteiger partial charge in [0, 0.05) is 46.2 Å². The summed E-state index contributed by atoms with van der Waals surface area (Å²) in [6.07, 6.45) is 2.76. The number of nitrogens with zero attached hydrogens (tertiary/aromatic N) is 3. The number of hydrogen-bond donors (Lipinski definition) is 1. The molecular weight excluding hydrogens is 396 g/mol. The highest BCUT2D eigenvalue weighted by molar-refractivity contribution is 9.10. The van der Waals surface area contributed by atoms with Gasteiger partial charge in [-0.25, -0.2) is 4.68 Å². The van der Waals surface area contributed by atoms with Gasteiger partial charge in [0.2, 0.25) is 5.91 Å². The predicted octanol–water partition coefficient (Wildman–Crippen LogP) is 3.58. The molecule has 1 aliphatic rings. The molecule has 0 bridgehead atoms. The van der Waals surface area contributed by atoms with E-state index in [0.29, 0.717) is 5.92 Å². The molecular formula is C19H21BrN4O2. The highest BCUT2D eigenvalue weighted by Gasteiger charge is 2.19. The van der Waals surface area contributed by atoms with E-state index in [0.717, 1.165) is 53.1 Å². The number of benzene rings is 1. The first-order valence-electron chi connectivity index (χ1n) is 8.76. The average Bonchev–Trinajstić information content (AvgIpc) is 3.35. The Balaban J connectivity index is 1.50. The van der Waals surface area contributed by atoms with E-state index in [1.165, 1.54) is 0 Å². The zero-order chi connectivity index (χ0) is 18.1. The van der Waals surface area contributed by atoms with E-state index in [-0.39, 0.29) is 12.5 Å². The van der Waals surface area contributed by atoms with Crippen molar-refractivity contribution in [3.05, 3.63) is 46.7 Å². The minimum atomic E-state index is -0.0641. The molecule has 7 heteroatoms. The van der Waals surface area contributed by atoms with Gasteiger partial charge in [-0.2, -0.15) is 5.10 Å². The first-order chi connectivity index (χ1) is 12.6. The number of halogens is 1. The maximum atomic E-state index is 12.7. The van der Waals surface area contributed by atoms with Gasteiger partial charge < -0.3 is 14.6 Å². The van der Waals surface area contributed by atoms with E-state index in [2.05, 4.69) is 32.4 Å². The molecule has 3 heterocycles. The van der Waals surface area contributed by atoms with E-state index in [1.54, 1.807) is 6.20 Å². The van der Waals surface area contributed by atoms with E-state index in [4.69, 9.17) is 4.74 Å². The van der Waals surface area contributed by atoms with E-state index in [9.17, 15) is 4.79 Å². The van der Waals surface area contributed by atoms with Gasteiger partial charge in [-0.3, -0.25) is 4.79 Å². The van der Waals surface area contributed by atoms with Crippen molar-refractivity contribution >= 4 is 38.6 Å². The summed E-state index contributed by atoms with van der Waals surface area (Å²) in [5.74, 6) is 1.12. The molecule has 2 aromatic heterocycles. The maximum Gasteiger partial charge on any atom is 0.245 e. The summed E-state index contributed by atoms with van der Waals surface area (Å²) in [4.78, 5) is 12.7. The Kier molecular flexibility index (Phi) is 4.82. The lowest BCUT2D eigenvalue weighted by atomic mass is 10.1. The Labute approximate surface area is 160 Å². The number of para-hydroxylation sites is 1. The normalized spacial score (nSPS) is 17.1. The molecule has 1 aliphatic heterocycles. The predicted molar refractivity (Wildman–Crippen MR) is 104 cm³/mol. The fourth-order valence-corrected chi connectivity index (χ4v) is 4.02. The van der Waals surface area contributed by atoms with Crippen LogP contribution in [0.3, 0.4) is 0 Å². The average molecular weight is 417 g/mol. The quantitative estimate of drug-likeness (QED) is 0.691. The van der Waals surface area contributed by atoms with Crippen LogP contribution in [0.4, 0.5) is 5.82 Å². The molecule has 1 fully saturated rings.